The summed E-state index contributed by atoms with van der Waals surface area (Å²) in [5.41, 5.74) is 0. The molecule has 0 aromatic carbocycles. The maximum absolute atomic E-state index is 9.67. The minimum Gasteiger partial charge on any atom is -0.451 e. The predicted octanol–water partition coefficient (Wildman–Crippen LogP) is -0.376. The second kappa shape index (κ2) is 2.81. The minimum absolute atomic E-state index is 0.0563. The number of rotatable bonds is 2. The van der Waals surface area contributed by atoms with E-state index in [-0.39, 0.29) is 6.04 Å². The molecule has 0 rings (SSSR count). The zero-order chi connectivity index (χ0) is 7.49. The second-order valence-electron chi connectivity index (χ2n) is 1.46. The Hall–Kier alpha value is -0.593. The van der Waals surface area contributed by atoms with Crippen molar-refractivity contribution in [3.8, 4) is 0 Å². The van der Waals surface area contributed by atoms with Crippen LogP contribution in [-0.4, -0.2) is 29.7 Å². The van der Waals surface area contributed by atoms with E-state index in [0.717, 1.165) is 0 Å². The van der Waals surface area contributed by atoms with Crippen LogP contribution in [0.25, 0.3) is 0 Å². The Morgan fingerprint density at radius 2 is 2.11 bits per heavy atom. The summed E-state index contributed by atoms with van der Waals surface area (Å²) in [7, 11) is -3.84. The Kier molecular flexibility index (Phi) is 2.62. The standard InChI is InChI=1S/C3H8O5Si/c1-2-9(6,7)8-3(4)5/h6-7H,2H2,1H3,(H,4,5). The van der Waals surface area contributed by atoms with E-state index in [2.05, 4.69) is 4.43 Å². The van der Waals surface area contributed by atoms with Crippen LogP contribution in [-0.2, 0) is 4.43 Å². The van der Waals surface area contributed by atoms with Gasteiger partial charge in [-0.15, -0.1) is 0 Å². The molecule has 0 saturated heterocycles. The lowest BCUT2D eigenvalue weighted by molar-refractivity contribution is 0.106. The molecule has 5 nitrogen and oxygen atoms in total. The van der Waals surface area contributed by atoms with Crippen molar-refractivity contribution in [2.75, 3.05) is 0 Å². The van der Waals surface area contributed by atoms with E-state index in [0.29, 0.717) is 0 Å². The van der Waals surface area contributed by atoms with Crippen LogP contribution in [0.4, 0.5) is 4.79 Å². The normalized spacial score (nSPS) is 11.0. The van der Waals surface area contributed by atoms with Gasteiger partial charge in [0.15, 0.2) is 0 Å². The largest absolute Gasteiger partial charge is 0.564 e. The average Bonchev–Trinajstić information content (AvgIpc) is 1.63. The van der Waals surface area contributed by atoms with Crippen molar-refractivity contribution in [1.29, 1.82) is 0 Å². The third-order valence-electron chi connectivity index (χ3n) is 0.711. The molecule has 3 N–H and O–H groups in total. The molecular weight excluding hydrogens is 144 g/mol. The zero-order valence-corrected chi connectivity index (χ0v) is 5.87. The van der Waals surface area contributed by atoms with E-state index >= 15 is 0 Å². The van der Waals surface area contributed by atoms with E-state index in [1.165, 1.54) is 6.92 Å². The van der Waals surface area contributed by atoms with Gasteiger partial charge in [0.2, 0.25) is 0 Å². The molecule has 0 amide bonds. The molecule has 6 heteroatoms. The maximum Gasteiger partial charge on any atom is 0.564 e. The van der Waals surface area contributed by atoms with Gasteiger partial charge in [-0.1, -0.05) is 6.92 Å². The Balaban J connectivity index is 3.71. The number of hydrogen-bond acceptors (Lipinski definition) is 4. The Labute approximate surface area is 52.9 Å². The molecule has 0 atom stereocenters. The quantitative estimate of drug-likeness (QED) is 0.470. The van der Waals surface area contributed by atoms with Crippen molar-refractivity contribution in [3.63, 3.8) is 0 Å². The molecule has 0 fully saturated rings. The highest BCUT2D eigenvalue weighted by atomic mass is 28.4. The fourth-order valence-electron chi connectivity index (χ4n) is 0.212. The van der Waals surface area contributed by atoms with Gasteiger partial charge in [-0.05, 0) is 0 Å². The summed E-state index contributed by atoms with van der Waals surface area (Å²) in [5.74, 6) is 0. The summed E-state index contributed by atoms with van der Waals surface area (Å²) in [5, 5.41) is 7.87. The van der Waals surface area contributed by atoms with E-state index in [4.69, 9.17) is 14.7 Å². The van der Waals surface area contributed by atoms with Crippen molar-refractivity contribution in [2.24, 2.45) is 0 Å². The van der Waals surface area contributed by atoms with Crippen LogP contribution in [0, 0.1) is 0 Å². The zero-order valence-electron chi connectivity index (χ0n) is 4.87. The lowest BCUT2D eigenvalue weighted by Crippen LogP contribution is -2.39. The fourth-order valence-corrected chi connectivity index (χ4v) is 0.636. The van der Waals surface area contributed by atoms with Gasteiger partial charge in [-0.25, -0.2) is 4.79 Å². The van der Waals surface area contributed by atoms with Gasteiger partial charge in [0.25, 0.3) is 0 Å². The molecule has 0 bridgehead atoms. The van der Waals surface area contributed by atoms with Crippen LogP contribution in [0.15, 0.2) is 0 Å². The highest BCUT2D eigenvalue weighted by molar-refractivity contribution is 6.59. The summed E-state index contributed by atoms with van der Waals surface area (Å²) in [6.45, 7) is 1.44. The summed E-state index contributed by atoms with van der Waals surface area (Å²) in [6, 6.07) is -0.0563. The third-order valence-corrected chi connectivity index (χ3v) is 2.13. The van der Waals surface area contributed by atoms with Crippen molar-refractivity contribution in [2.45, 2.75) is 13.0 Å². The molecule has 0 aliphatic heterocycles. The maximum atomic E-state index is 9.67. The minimum atomic E-state index is -3.84. The lowest BCUT2D eigenvalue weighted by atomic mass is 11.0. The molecule has 9 heavy (non-hydrogen) atoms. The first-order valence-electron chi connectivity index (χ1n) is 2.34. The summed E-state index contributed by atoms with van der Waals surface area (Å²) in [6.07, 6.45) is -1.64. The first-order valence-corrected chi connectivity index (χ1v) is 4.35. The van der Waals surface area contributed by atoms with Crippen LogP contribution in [0.3, 0.4) is 0 Å². The summed E-state index contributed by atoms with van der Waals surface area (Å²) in [4.78, 5) is 26.8. The molecule has 0 saturated carbocycles. The molecule has 0 aliphatic rings. The molecule has 0 radical (unpaired) electrons. The summed E-state index contributed by atoms with van der Waals surface area (Å²) >= 11 is 0. The van der Waals surface area contributed by atoms with Crippen LogP contribution in [0.1, 0.15) is 6.92 Å². The first-order chi connectivity index (χ1) is 3.98. The topological polar surface area (TPSA) is 87.0 Å². The molecule has 0 spiro atoms. The van der Waals surface area contributed by atoms with Gasteiger partial charge in [0.05, 0.1) is 0 Å². The molecule has 0 heterocycles. The smallest absolute Gasteiger partial charge is 0.451 e. The van der Waals surface area contributed by atoms with Gasteiger partial charge in [0, 0.05) is 6.04 Å². The molecule has 0 unspecified atom stereocenters. The van der Waals surface area contributed by atoms with E-state index in [1.54, 1.807) is 0 Å². The van der Waals surface area contributed by atoms with Gasteiger partial charge in [0.1, 0.15) is 0 Å². The number of carboxylic acid groups (broad SMARTS) is 1. The van der Waals surface area contributed by atoms with E-state index < -0.39 is 15.0 Å². The fraction of sp³-hybridized carbons (Fsp3) is 0.667. The van der Waals surface area contributed by atoms with Crippen molar-refractivity contribution >= 4 is 15.0 Å². The van der Waals surface area contributed by atoms with Gasteiger partial charge >= 0.3 is 15.0 Å². The Morgan fingerprint density at radius 3 is 2.22 bits per heavy atom. The third kappa shape index (κ3) is 3.95. The second-order valence-corrected chi connectivity index (χ2v) is 3.86. The molecule has 0 aromatic rings. The van der Waals surface area contributed by atoms with Gasteiger partial charge in [-0.2, -0.15) is 0 Å². The van der Waals surface area contributed by atoms with Crippen LogP contribution < -0.4 is 0 Å². The molecule has 54 valence electrons. The highest BCUT2D eigenvalue weighted by Crippen LogP contribution is 2.01. The first kappa shape index (κ1) is 8.41. The Bertz CT molecular complexity index is 111. The molecule has 0 aromatic heterocycles. The van der Waals surface area contributed by atoms with Crippen molar-refractivity contribution in [1.82, 2.24) is 0 Å². The average molecular weight is 152 g/mol. The Morgan fingerprint density at radius 1 is 1.67 bits per heavy atom. The molecule has 0 aliphatic carbocycles. The monoisotopic (exact) mass is 152 g/mol. The highest BCUT2D eigenvalue weighted by Gasteiger charge is 2.34. The van der Waals surface area contributed by atoms with E-state index in [9.17, 15) is 4.79 Å². The van der Waals surface area contributed by atoms with Crippen LogP contribution in [0.5, 0.6) is 0 Å². The van der Waals surface area contributed by atoms with Crippen molar-refractivity contribution < 1.29 is 23.9 Å². The summed E-state index contributed by atoms with van der Waals surface area (Å²) < 4.78 is 3.75. The predicted molar refractivity (Wildman–Crippen MR) is 29.8 cm³/mol. The lowest BCUT2D eigenvalue weighted by Gasteiger charge is -2.11. The van der Waals surface area contributed by atoms with Gasteiger partial charge in [-0.3, -0.25) is 0 Å². The van der Waals surface area contributed by atoms with Crippen LogP contribution in [0.2, 0.25) is 6.04 Å². The molecular formula is C3H8O5Si. The number of carbonyl (C=O) groups is 1. The SMILES string of the molecule is CC[Si](O)(O)OC(=O)O. The van der Waals surface area contributed by atoms with E-state index in [1.807, 2.05) is 0 Å². The van der Waals surface area contributed by atoms with Crippen LogP contribution >= 0.6 is 0 Å². The van der Waals surface area contributed by atoms with Gasteiger partial charge < -0.3 is 19.1 Å². The number of hydrogen-bond donors (Lipinski definition) is 3. The van der Waals surface area contributed by atoms with Crippen molar-refractivity contribution in [3.05, 3.63) is 0 Å².